The van der Waals surface area contributed by atoms with Gasteiger partial charge in [0.15, 0.2) is 0 Å². The van der Waals surface area contributed by atoms with Gasteiger partial charge in [-0.2, -0.15) is 0 Å². The van der Waals surface area contributed by atoms with E-state index in [0.717, 1.165) is 0 Å². The Kier molecular flexibility index (Phi) is 36.1. The second-order valence-electron chi connectivity index (χ2n) is 4.13. The Labute approximate surface area is 170 Å². The molecule has 0 aromatic heterocycles. The summed E-state index contributed by atoms with van der Waals surface area (Å²) in [5.41, 5.74) is 27.5. The first kappa shape index (κ1) is 41.0. The Morgan fingerprint density at radius 2 is 0.690 bits per heavy atom. The first-order valence-electron chi connectivity index (χ1n) is 7.11. The van der Waals surface area contributed by atoms with E-state index in [1.54, 1.807) is 4.90 Å². The van der Waals surface area contributed by atoms with Crippen LogP contribution in [0.4, 0.5) is 0 Å². The zero-order valence-electron chi connectivity index (χ0n) is 16.4. The summed E-state index contributed by atoms with van der Waals surface area (Å²) < 4.78 is 68.2. The van der Waals surface area contributed by atoms with Gasteiger partial charge in [0, 0.05) is 20.8 Å². The Bertz CT molecular complexity index is 515. The molecule has 180 valence electrons. The Hall–Kier alpha value is -2.49. The van der Waals surface area contributed by atoms with E-state index in [4.69, 9.17) is 35.0 Å². The van der Waals surface area contributed by atoms with E-state index < -0.39 is 20.8 Å². The molecule has 0 aliphatic rings. The third-order valence-corrected chi connectivity index (χ3v) is 1.50. The van der Waals surface area contributed by atoms with Crippen molar-refractivity contribution in [3.8, 4) is 0 Å². The summed E-state index contributed by atoms with van der Waals surface area (Å²) in [4.78, 5) is 1.68. The summed E-state index contributed by atoms with van der Waals surface area (Å²) in [6.07, 6.45) is 0. The van der Waals surface area contributed by atoms with Crippen molar-refractivity contribution in [3.63, 3.8) is 0 Å². The maximum atomic E-state index is 8.52. The summed E-state index contributed by atoms with van der Waals surface area (Å²) in [6, 6.07) is 0. The number of hydrogen-bond acceptors (Lipinski definition) is 8. The van der Waals surface area contributed by atoms with Crippen LogP contribution in [0.15, 0.2) is 0 Å². The molecule has 0 aromatic rings. The maximum Gasteiger partial charge on any atom is 0.336 e. The number of hydrogen-bond donors (Lipinski definition) is 10. The van der Waals surface area contributed by atoms with Crippen LogP contribution in [-0.2, 0) is 20.8 Å². The molecule has 0 spiro atoms. The van der Waals surface area contributed by atoms with Crippen LogP contribution in [-0.4, -0.2) is 72.6 Å². The van der Waals surface area contributed by atoms with Crippen LogP contribution < -0.4 is 55.5 Å². The summed E-state index contributed by atoms with van der Waals surface area (Å²) in [7, 11) is -10.3. The van der Waals surface area contributed by atoms with Crippen molar-refractivity contribution < 1.29 is 56.2 Å². The van der Waals surface area contributed by atoms with Crippen molar-refractivity contribution in [2.45, 2.75) is 20.8 Å². The molecule has 0 aliphatic heterocycles. The van der Waals surface area contributed by atoms with Crippen LogP contribution in [0.25, 0.3) is 0 Å². The predicted octanol–water partition coefficient (Wildman–Crippen LogP) is -11.7. The van der Waals surface area contributed by atoms with E-state index in [1.807, 2.05) is 0 Å². The molecule has 0 saturated heterocycles. The summed E-state index contributed by atoms with van der Waals surface area (Å²) in [5, 5.41) is 13.8. The van der Waals surface area contributed by atoms with Gasteiger partial charge >= 0.3 is 17.9 Å². The van der Waals surface area contributed by atoms with E-state index in [9.17, 15) is 0 Å². The fraction of sp³-hybridized carbons (Fsp3) is 0.667. The van der Waals surface area contributed by atoms with Crippen molar-refractivity contribution in [2.75, 3.05) is 19.6 Å². The van der Waals surface area contributed by atoms with Crippen molar-refractivity contribution in [3.05, 3.63) is 0 Å². The number of quaternary nitrogens is 1. The zero-order valence-corrected chi connectivity index (χ0v) is 18.0. The molecule has 29 heavy (non-hydrogen) atoms. The van der Waals surface area contributed by atoms with Gasteiger partial charge in [0.05, 0.1) is 19.6 Å². The highest BCUT2D eigenvalue weighted by molar-refractivity contribution is 7.79. The molecule has 0 amide bonds. The first-order chi connectivity index (χ1) is 12.5. The average molecular weight is 475 g/mol. The molecule has 20 heteroatoms. The van der Waals surface area contributed by atoms with Gasteiger partial charge in [-0.25, -0.2) is 0 Å². The molecule has 18 nitrogen and oxygen atoms in total. The molecule has 0 unspecified atom stereocenters. The van der Waals surface area contributed by atoms with Crippen molar-refractivity contribution in [2.24, 2.45) is 34.4 Å². The molecular weight excluding hydrogens is 440 g/mol. The molecule has 19 N–H and O–H groups in total. The highest BCUT2D eigenvalue weighted by Crippen LogP contribution is 1.58. The van der Waals surface area contributed by atoms with Crippen molar-refractivity contribution in [1.29, 1.82) is 0 Å². The SMILES string of the molecule is CC[NH+](CC)CC.NC(N)=[NH2+].NC(N)=[NH2+].NC(N)=[NH2+].O=S(=O)([O-])[O-].O=S(=O)([O-])[O-]. The fourth-order valence-corrected chi connectivity index (χ4v) is 0.750. The van der Waals surface area contributed by atoms with Crippen LogP contribution in [0.3, 0.4) is 0 Å². The second kappa shape index (κ2) is 25.5. The number of nitrogens with two attached hydrogens (primary N) is 9. The zero-order chi connectivity index (χ0) is 25.4. The highest BCUT2D eigenvalue weighted by Gasteiger charge is 1.92. The summed E-state index contributed by atoms with van der Waals surface area (Å²) in [5.74, 6) is -0.250. The lowest BCUT2D eigenvalue weighted by atomic mass is 10.5. The van der Waals surface area contributed by atoms with Crippen LogP contribution in [0, 0.1) is 0 Å². The first-order valence-corrected chi connectivity index (χ1v) is 9.78. The second-order valence-corrected chi connectivity index (χ2v) is 5.76. The molecule has 0 rings (SSSR count). The van der Waals surface area contributed by atoms with Crippen LogP contribution in [0.2, 0.25) is 0 Å². The molecule has 0 aromatic carbocycles. The molecule has 0 saturated carbocycles. The normalized spacial score (nSPS) is 8.97. The quantitative estimate of drug-likeness (QED) is 0.0785. The minimum atomic E-state index is -5.17. The molecule has 0 radical (unpaired) electrons. The van der Waals surface area contributed by atoms with Gasteiger partial charge in [-0.1, -0.05) is 0 Å². The number of guanidine groups is 3. The Morgan fingerprint density at radius 1 is 0.621 bits per heavy atom. The number of nitrogens with one attached hydrogen (secondary N) is 1. The van der Waals surface area contributed by atoms with Crippen LogP contribution in [0.1, 0.15) is 20.8 Å². The van der Waals surface area contributed by atoms with E-state index >= 15 is 0 Å². The van der Waals surface area contributed by atoms with Crippen LogP contribution in [0.5, 0.6) is 0 Å². The minimum absolute atomic E-state index is 0.0833. The lowest BCUT2D eigenvalue weighted by molar-refractivity contribution is -0.894. The lowest BCUT2D eigenvalue weighted by Crippen LogP contribution is -3.11. The molecule has 0 heterocycles. The van der Waals surface area contributed by atoms with Gasteiger partial charge in [0.2, 0.25) is 0 Å². The molecule has 0 fully saturated rings. The third-order valence-electron chi connectivity index (χ3n) is 1.50. The van der Waals surface area contributed by atoms with Gasteiger partial charge < -0.3 is 23.1 Å². The van der Waals surface area contributed by atoms with E-state index in [2.05, 4.69) is 71.4 Å². The fourth-order valence-electron chi connectivity index (χ4n) is 0.750. The standard InChI is InChI=1S/C6H15N.3CH5N3.2H2O4S/c1-4-7(5-2)6-3;3*2-1(3)4;2*1-5(2,3)4/h4-6H2,1-3H3;3*(H5,2,3,4);2*(H2,1,2,3,4). The van der Waals surface area contributed by atoms with Gasteiger partial charge in [-0.3, -0.25) is 67.5 Å². The average Bonchev–Trinajstić information content (AvgIpc) is 2.34. The Balaban J connectivity index is -0.0000000555. The van der Waals surface area contributed by atoms with Gasteiger partial charge in [0.25, 0.3) is 0 Å². The van der Waals surface area contributed by atoms with E-state index in [1.165, 1.54) is 19.6 Å². The van der Waals surface area contributed by atoms with Gasteiger partial charge in [-0.05, 0) is 20.8 Å². The van der Waals surface area contributed by atoms with Gasteiger partial charge in [0.1, 0.15) is 0 Å². The highest BCUT2D eigenvalue weighted by atomic mass is 32.3. The third kappa shape index (κ3) is 1140. The van der Waals surface area contributed by atoms with Crippen LogP contribution >= 0.6 is 0 Å². The Morgan fingerprint density at radius 3 is 0.690 bits per heavy atom. The minimum Gasteiger partial charge on any atom is -0.759 e. The van der Waals surface area contributed by atoms with Gasteiger partial charge in [-0.15, -0.1) is 0 Å². The van der Waals surface area contributed by atoms with E-state index in [-0.39, 0.29) is 17.9 Å². The lowest BCUT2D eigenvalue weighted by Gasteiger charge is -2.10. The molecule has 0 atom stereocenters. The smallest absolute Gasteiger partial charge is 0.336 e. The van der Waals surface area contributed by atoms with E-state index in [0.29, 0.717) is 0 Å². The molecule has 0 bridgehead atoms. The van der Waals surface area contributed by atoms with Crippen molar-refractivity contribution >= 4 is 38.7 Å². The maximum absolute atomic E-state index is 8.52. The van der Waals surface area contributed by atoms with Crippen molar-refractivity contribution in [1.82, 2.24) is 0 Å². The largest absolute Gasteiger partial charge is 0.759 e. The molecule has 0 aliphatic carbocycles. The monoisotopic (exact) mass is 474 g/mol. The topological polar surface area (TPSA) is 398 Å². The molecular formula is C9H34N10O8S2. The summed E-state index contributed by atoms with van der Waals surface area (Å²) >= 11 is 0. The number of rotatable bonds is 3. The predicted molar refractivity (Wildman–Crippen MR) is 99.5 cm³/mol. The summed E-state index contributed by atoms with van der Waals surface area (Å²) in [6.45, 7) is 10.5.